The van der Waals surface area contributed by atoms with Crippen molar-refractivity contribution in [3.63, 3.8) is 0 Å². The third kappa shape index (κ3) is 4.10. The fourth-order valence-electron chi connectivity index (χ4n) is 4.66. The van der Waals surface area contributed by atoms with Gasteiger partial charge in [-0.05, 0) is 58.2 Å². The summed E-state index contributed by atoms with van der Waals surface area (Å²) in [7, 11) is 0. The van der Waals surface area contributed by atoms with Gasteiger partial charge in [0, 0.05) is 30.3 Å². The summed E-state index contributed by atoms with van der Waals surface area (Å²) in [6.07, 6.45) is 2.16. The lowest BCUT2D eigenvalue weighted by molar-refractivity contribution is -0.166. The maximum absolute atomic E-state index is 13.1. The minimum atomic E-state index is -1.06. The molecule has 0 amide bonds. The topological polar surface area (TPSA) is 137 Å². The van der Waals surface area contributed by atoms with E-state index in [1.54, 1.807) is 32.2 Å². The van der Waals surface area contributed by atoms with Crippen LogP contribution in [0.25, 0.3) is 11.0 Å². The number of epoxide rings is 1. The van der Waals surface area contributed by atoms with Gasteiger partial charge in [0.25, 0.3) is 0 Å². The number of nitrogens with zero attached hydrogens (tertiary/aromatic N) is 1. The van der Waals surface area contributed by atoms with Crippen molar-refractivity contribution in [2.75, 3.05) is 5.73 Å². The second-order valence-corrected chi connectivity index (χ2v) is 9.94. The molecule has 5 rings (SSSR count). The lowest BCUT2D eigenvalue weighted by Crippen LogP contribution is -2.50. The Labute approximate surface area is 201 Å². The average Bonchev–Trinajstić information content (AvgIpc) is 3.44. The van der Waals surface area contributed by atoms with Gasteiger partial charge in [-0.2, -0.15) is 0 Å². The Kier molecular flexibility index (Phi) is 5.28. The second-order valence-electron chi connectivity index (χ2n) is 9.94. The zero-order chi connectivity index (χ0) is 25.1. The van der Waals surface area contributed by atoms with Crippen molar-refractivity contribution < 1.29 is 28.5 Å². The molecule has 4 heterocycles. The molecule has 2 aromatic heterocycles. The third-order valence-electron chi connectivity index (χ3n) is 6.86. The van der Waals surface area contributed by atoms with Gasteiger partial charge in [-0.1, -0.05) is 0 Å². The standard InChI is InChI=1S/C26H28N2O7/c1-13-9-16(29)22-18(32-13)12-17-15(23(22)30)11-20(25(2,3)34-17)33-24(31)26(4)19(35-26)6-5-14-7-8-28-21(27)10-14/h7-10,12,19-20,30H,5-6,11H2,1-4H3,(H2,27,28)/t19-,20-,26-/m1/s1. The molecule has 0 bridgehead atoms. The molecule has 0 unspecified atom stereocenters. The summed E-state index contributed by atoms with van der Waals surface area (Å²) in [5, 5.41) is 11.0. The lowest BCUT2D eigenvalue weighted by atomic mass is 9.89. The van der Waals surface area contributed by atoms with E-state index in [0.717, 1.165) is 5.56 Å². The number of esters is 1. The van der Waals surface area contributed by atoms with Crippen molar-refractivity contribution in [3.8, 4) is 11.5 Å². The van der Waals surface area contributed by atoms with E-state index >= 15 is 0 Å². The van der Waals surface area contributed by atoms with E-state index in [9.17, 15) is 14.7 Å². The predicted octanol–water partition coefficient (Wildman–Crippen LogP) is 3.20. The van der Waals surface area contributed by atoms with Crippen molar-refractivity contribution >= 4 is 22.8 Å². The molecule has 1 saturated heterocycles. The summed E-state index contributed by atoms with van der Waals surface area (Å²) >= 11 is 0. The number of fused-ring (bicyclic) bond motifs is 2. The highest BCUT2D eigenvalue weighted by Crippen LogP contribution is 2.45. The first kappa shape index (κ1) is 23.2. The smallest absolute Gasteiger partial charge is 0.341 e. The number of aromatic hydroxyl groups is 1. The Hall–Kier alpha value is -3.59. The molecule has 0 radical (unpaired) electrons. The number of phenolic OH excluding ortho intramolecular Hbond substituents is 1. The van der Waals surface area contributed by atoms with Gasteiger partial charge in [0.1, 0.15) is 45.8 Å². The van der Waals surface area contributed by atoms with E-state index in [1.807, 2.05) is 19.9 Å². The zero-order valence-corrected chi connectivity index (χ0v) is 20.1. The molecular formula is C26H28N2O7. The Morgan fingerprint density at radius 1 is 1.29 bits per heavy atom. The number of aryl methyl sites for hydroxylation is 2. The number of carbonyl (C=O) groups is 1. The molecule has 1 aromatic carbocycles. The summed E-state index contributed by atoms with van der Waals surface area (Å²) in [5.41, 5.74) is 5.11. The van der Waals surface area contributed by atoms with Crippen LogP contribution in [-0.4, -0.2) is 39.5 Å². The van der Waals surface area contributed by atoms with Crippen molar-refractivity contribution in [1.29, 1.82) is 0 Å². The first-order chi connectivity index (χ1) is 16.5. The first-order valence-electron chi connectivity index (χ1n) is 11.6. The summed E-state index contributed by atoms with van der Waals surface area (Å²) in [6, 6.07) is 6.61. The number of phenols is 1. The lowest BCUT2D eigenvalue weighted by Gasteiger charge is -2.39. The molecule has 0 spiro atoms. The van der Waals surface area contributed by atoms with Gasteiger partial charge in [0.15, 0.2) is 11.0 Å². The Balaban J connectivity index is 1.33. The Morgan fingerprint density at radius 2 is 2.06 bits per heavy atom. The van der Waals surface area contributed by atoms with Gasteiger partial charge in [-0.15, -0.1) is 0 Å². The van der Waals surface area contributed by atoms with Crippen molar-refractivity contribution in [1.82, 2.24) is 4.98 Å². The summed E-state index contributed by atoms with van der Waals surface area (Å²) in [4.78, 5) is 29.6. The quantitative estimate of drug-likeness (QED) is 0.416. The fourth-order valence-corrected chi connectivity index (χ4v) is 4.66. The summed E-state index contributed by atoms with van der Waals surface area (Å²) < 4.78 is 23.4. The molecule has 3 atom stereocenters. The van der Waals surface area contributed by atoms with Gasteiger partial charge in [0.05, 0.1) is 6.10 Å². The van der Waals surface area contributed by atoms with Crippen molar-refractivity contribution in [2.45, 2.75) is 70.4 Å². The largest absolute Gasteiger partial charge is 0.507 e. The normalized spacial score (nSPS) is 24.5. The summed E-state index contributed by atoms with van der Waals surface area (Å²) in [5.74, 6) is 0.571. The molecule has 9 nitrogen and oxygen atoms in total. The maximum atomic E-state index is 13.1. The molecule has 0 aliphatic carbocycles. The highest BCUT2D eigenvalue weighted by atomic mass is 16.7. The highest BCUT2D eigenvalue weighted by Gasteiger charge is 2.60. The van der Waals surface area contributed by atoms with E-state index in [2.05, 4.69) is 4.98 Å². The first-order valence-corrected chi connectivity index (χ1v) is 11.6. The van der Waals surface area contributed by atoms with Crippen LogP contribution in [0, 0.1) is 6.92 Å². The summed E-state index contributed by atoms with van der Waals surface area (Å²) in [6.45, 7) is 6.99. The number of benzene rings is 1. The molecule has 9 heteroatoms. The third-order valence-corrected chi connectivity index (χ3v) is 6.86. The number of nitrogens with two attached hydrogens (primary N) is 1. The van der Waals surface area contributed by atoms with E-state index < -0.39 is 23.3 Å². The van der Waals surface area contributed by atoms with E-state index in [0.29, 0.717) is 35.7 Å². The minimum Gasteiger partial charge on any atom is -0.507 e. The van der Waals surface area contributed by atoms with E-state index in [1.165, 1.54) is 6.07 Å². The second kappa shape index (κ2) is 7.98. The van der Waals surface area contributed by atoms with Gasteiger partial charge in [0.2, 0.25) is 0 Å². The van der Waals surface area contributed by atoms with Crippen molar-refractivity contribution in [2.24, 2.45) is 0 Å². The van der Waals surface area contributed by atoms with Crippen LogP contribution in [0.1, 0.15) is 44.1 Å². The Morgan fingerprint density at radius 3 is 2.80 bits per heavy atom. The fraction of sp³-hybridized carbons (Fsp3) is 0.423. The molecule has 35 heavy (non-hydrogen) atoms. The van der Waals surface area contributed by atoms with Crippen molar-refractivity contribution in [3.05, 3.63) is 57.6 Å². The molecule has 184 valence electrons. The molecule has 1 fully saturated rings. The van der Waals surface area contributed by atoms with Gasteiger partial charge in [-0.3, -0.25) is 4.79 Å². The van der Waals surface area contributed by atoms with Crippen LogP contribution in [0.3, 0.4) is 0 Å². The highest BCUT2D eigenvalue weighted by molar-refractivity contribution is 5.87. The number of nitrogen functional groups attached to an aromatic ring is 1. The Bertz CT molecular complexity index is 1400. The van der Waals surface area contributed by atoms with Crippen LogP contribution in [0.4, 0.5) is 5.82 Å². The number of ether oxygens (including phenoxy) is 3. The monoisotopic (exact) mass is 480 g/mol. The molecule has 3 aromatic rings. The molecule has 2 aliphatic heterocycles. The van der Waals surface area contributed by atoms with Crippen LogP contribution in [0.15, 0.2) is 39.7 Å². The molecule has 2 aliphatic rings. The van der Waals surface area contributed by atoms with Crippen LogP contribution in [0.2, 0.25) is 0 Å². The molecule has 3 N–H and O–H groups in total. The number of aromatic nitrogens is 1. The number of rotatable bonds is 5. The van der Waals surface area contributed by atoms with Crippen LogP contribution in [0.5, 0.6) is 11.5 Å². The number of hydrogen-bond donors (Lipinski definition) is 2. The van der Waals surface area contributed by atoms with E-state index in [4.69, 9.17) is 24.4 Å². The molecular weight excluding hydrogens is 452 g/mol. The number of anilines is 1. The molecule has 0 saturated carbocycles. The number of carbonyl (C=O) groups excluding carboxylic acids is 1. The van der Waals surface area contributed by atoms with Crippen LogP contribution in [-0.2, 0) is 27.1 Å². The number of pyridine rings is 1. The number of hydrogen-bond acceptors (Lipinski definition) is 9. The minimum absolute atomic E-state index is 0.0806. The van der Waals surface area contributed by atoms with Gasteiger partial charge >= 0.3 is 5.97 Å². The maximum Gasteiger partial charge on any atom is 0.341 e. The van der Waals surface area contributed by atoms with Gasteiger partial charge < -0.3 is 29.5 Å². The van der Waals surface area contributed by atoms with Crippen LogP contribution < -0.4 is 15.9 Å². The average molecular weight is 481 g/mol. The van der Waals surface area contributed by atoms with E-state index in [-0.39, 0.29) is 34.7 Å². The zero-order valence-electron chi connectivity index (χ0n) is 20.1. The van der Waals surface area contributed by atoms with Gasteiger partial charge in [-0.25, -0.2) is 9.78 Å². The SMILES string of the molecule is Cc1cc(=O)c2c(O)c3c(cc2o1)OC(C)(C)[C@H](OC(=O)[C@]1(C)O[C@@H]1CCc1ccnc(N)c1)C3. The predicted molar refractivity (Wildman–Crippen MR) is 127 cm³/mol. The van der Waals surface area contributed by atoms with Crippen LogP contribution >= 0.6 is 0 Å².